The molecule has 0 aromatic carbocycles. The van der Waals surface area contributed by atoms with Crippen LogP contribution in [-0.2, 0) is 11.8 Å². The summed E-state index contributed by atoms with van der Waals surface area (Å²) in [6.45, 7) is 1.62. The van der Waals surface area contributed by atoms with Gasteiger partial charge in [-0.25, -0.2) is 0 Å². The summed E-state index contributed by atoms with van der Waals surface area (Å²) in [6, 6.07) is 0. The van der Waals surface area contributed by atoms with Crippen LogP contribution < -0.4 is 0 Å². The maximum atomic E-state index is 12.7. The molecular weight excluding hydrogens is 308 g/mol. The molecule has 3 fully saturated rings. The summed E-state index contributed by atoms with van der Waals surface area (Å²) in [4.78, 5) is 14.7. The first-order valence-electron chi connectivity index (χ1n) is 8.75. The summed E-state index contributed by atoms with van der Waals surface area (Å²) in [7, 11) is 1.94. The van der Waals surface area contributed by atoms with Crippen molar-refractivity contribution in [2.24, 2.45) is 18.9 Å². The lowest BCUT2D eigenvalue weighted by Crippen LogP contribution is -2.39. The number of aromatic amines is 1. The molecule has 1 aromatic rings. The van der Waals surface area contributed by atoms with Crippen LogP contribution in [0.1, 0.15) is 50.3 Å². The van der Waals surface area contributed by atoms with Crippen LogP contribution in [0.5, 0.6) is 0 Å². The number of nitrogens with one attached hydrogen (secondary N) is 1. The Bertz CT molecular complexity index is 682. The van der Waals surface area contributed by atoms with Crippen LogP contribution in [0.3, 0.4) is 0 Å². The maximum Gasteiger partial charge on any atom is 0.246 e. The van der Waals surface area contributed by atoms with Gasteiger partial charge in [-0.05, 0) is 62.6 Å². The van der Waals surface area contributed by atoms with Crippen LogP contribution in [0, 0.1) is 16.6 Å². The standard InChI is InChI=1S/C17H24N4OS/c1-20-16(18-19-17(20)23)13-3-2-8-21(10-13)15(22)9-14(11-4-5-11)12-6-7-12/h9,11-13H,2-8,10H2,1H3,(H,19,23)/t13-/m0/s1. The molecule has 1 atom stereocenters. The van der Waals surface area contributed by atoms with E-state index in [4.69, 9.17) is 12.2 Å². The van der Waals surface area contributed by atoms with Gasteiger partial charge in [-0.15, -0.1) is 0 Å². The highest BCUT2D eigenvalue weighted by Gasteiger charge is 2.37. The molecule has 1 aliphatic heterocycles. The Morgan fingerprint density at radius 2 is 1.96 bits per heavy atom. The number of carbonyl (C=O) groups is 1. The van der Waals surface area contributed by atoms with E-state index in [1.807, 2.05) is 22.6 Å². The second-order valence-corrected chi connectivity index (χ2v) is 7.65. The highest BCUT2D eigenvalue weighted by atomic mass is 32.1. The SMILES string of the molecule is Cn1c([C@H]2CCCN(C(=O)C=C(C3CC3)C3CC3)C2)n[nH]c1=S. The summed E-state index contributed by atoms with van der Waals surface area (Å²) < 4.78 is 2.58. The minimum Gasteiger partial charge on any atom is -0.338 e. The normalized spacial score (nSPS) is 24.6. The van der Waals surface area contributed by atoms with E-state index in [0.717, 1.165) is 31.8 Å². The molecule has 0 unspecified atom stereocenters. The third kappa shape index (κ3) is 3.13. The fourth-order valence-electron chi connectivity index (χ4n) is 3.75. The number of piperidine rings is 1. The Hall–Kier alpha value is -1.43. The minimum atomic E-state index is 0.209. The second kappa shape index (κ2) is 5.89. The molecule has 2 heterocycles. The van der Waals surface area contributed by atoms with Gasteiger partial charge >= 0.3 is 0 Å². The van der Waals surface area contributed by atoms with Gasteiger partial charge in [-0.1, -0.05) is 5.57 Å². The Balaban J connectivity index is 1.48. The van der Waals surface area contributed by atoms with Gasteiger partial charge < -0.3 is 9.47 Å². The average molecular weight is 332 g/mol. The summed E-state index contributed by atoms with van der Waals surface area (Å²) >= 11 is 5.21. The van der Waals surface area contributed by atoms with Gasteiger partial charge in [-0.2, -0.15) is 5.10 Å². The predicted octanol–water partition coefficient (Wildman–Crippen LogP) is 2.93. The zero-order valence-corrected chi connectivity index (χ0v) is 14.4. The van der Waals surface area contributed by atoms with E-state index in [9.17, 15) is 4.79 Å². The Morgan fingerprint density at radius 3 is 2.52 bits per heavy atom. The van der Waals surface area contributed by atoms with E-state index in [1.54, 1.807) is 0 Å². The number of nitrogens with zero attached hydrogens (tertiary/aromatic N) is 3. The molecule has 0 spiro atoms. The minimum absolute atomic E-state index is 0.209. The molecule has 0 bridgehead atoms. The highest BCUT2D eigenvalue weighted by Crippen LogP contribution is 2.48. The molecule has 2 saturated carbocycles. The number of likely N-dealkylation sites (tertiary alicyclic amines) is 1. The molecule has 2 aliphatic carbocycles. The zero-order valence-electron chi connectivity index (χ0n) is 13.6. The quantitative estimate of drug-likeness (QED) is 0.681. The van der Waals surface area contributed by atoms with Gasteiger partial charge in [-0.3, -0.25) is 9.89 Å². The Morgan fingerprint density at radius 1 is 1.26 bits per heavy atom. The van der Waals surface area contributed by atoms with Gasteiger partial charge in [0.25, 0.3) is 0 Å². The maximum absolute atomic E-state index is 12.7. The van der Waals surface area contributed by atoms with E-state index in [0.29, 0.717) is 16.6 Å². The first kappa shape index (κ1) is 15.1. The van der Waals surface area contributed by atoms with Gasteiger partial charge in [0.1, 0.15) is 5.82 Å². The number of rotatable bonds is 4. The summed E-state index contributed by atoms with van der Waals surface area (Å²) in [5.41, 5.74) is 1.44. The molecule has 1 N–H and O–H groups in total. The van der Waals surface area contributed by atoms with Crippen LogP contribution >= 0.6 is 12.2 Å². The van der Waals surface area contributed by atoms with Gasteiger partial charge in [0.2, 0.25) is 5.91 Å². The van der Waals surface area contributed by atoms with Gasteiger partial charge in [0.05, 0.1) is 0 Å². The first-order valence-corrected chi connectivity index (χ1v) is 9.16. The summed E-state index contributed by atoms with van der Waals surface area (Å²) in [6.07, 6.45) is 9.20. The molecule has 1 amide bonds. The van der Waals surface area contributed by atoms with E-state index in [-0.39, 0.29) is 11.8 Å². The molecule has 3 aliphatic rings. The number of hydrogen-bond donors (Lipinski definition) is 1. The van der Waals surface area contributed by atoms with Crippen molar-refractivity contribution in [3.05, 3.63) is 22.2 Å². The Labute approximate surface area is 141 Å². The lowest BCUT2D eigenvalue weighted by Gasteiger charge is -2.31. The van der Waals surface area contributed by atoms with Crippen LogP contribution in [0.4, 0.5) is 0 Å². The smallest absolute Gasteiger partial charge is 0.246 e. The van der Waals surface area contributed by atoms with Crippen molar-refractivity contribution >= 4 is 18.1 Å². The average Bonchev–Trinajstić information content (AvgIpc) is 3.46. The highest BCUT2D eigenvalue weighted by molar-refractivity contribution is 7.71. The molecule has 124 valence electrons. The molecule has 5 nitrogen and oxygen atoms in total. The van der Waals surface area contributed by atoms with Crippen molar-refractivity contribution < 1.29 is 4.79 Å². The van der Waals surface area contributed by atoms with Crippen LogP contribution in [0.25, 0.3) is 0 Å². The number of amides is 1. The lowest BCUT2D eigenvalue weighted by atomic mass is 9.96. The third-order valence-electron chi connectivity index (χ3n) is 5.40. The number of carbonyl (C=O) groups excluding carboxylic acids is 1. The number of H-pyrrole nitrogens is 1. The predicted molar refractivity (Wildman–Crippen MR) is 90.5 cm³/mol. The molecule has 0 radical (unpaired) electrons. The van der Waals surface area contributed by atoms with Crippen molar-refractivity contribution in [3.8, 4) is 0 Å². The fourth-order valence-corrected chi connectivity index (χ4v) is 3.89. The number of hydrogen-bond acceptors (Lipinski definition) is 3. The fraction of sp³-hybridized carbons (Fsp3) is 0.706. The Kier molecular flexibility index (Phi) is 3.87. The monoisotopic (exact) mass is 332 g/mol. The van der Waals surface area contributed by atoms with Crippen LogP contribution in [0.15, 0.2) is 11.6 Å². The van der Waals surface area contributed by atoms with E-state index >= 15 is 0 Å². The number of aromatic nitrogens is 3. The van der Waals surface area contributed by atoms with Crippen molar-refractivity contribution in [1.82, 2.24) is 19.7 Å². The molecule has 1 aromatic heterocycles. The van der Waals surface area contributed by atoms with E-state index < -0.39 is 0 Å². The molecule has 4 rings (SSSR count). The number of allylic oxidation sites excluding steroid dienone is 1. The van der Waals surface area contributed by atoms with E-state index in [2.05, 4.69) is 10.2 Å². The topological polar surface area (TPSA) is 53.9 Å². The molecule has 23 heavy (non-hydrogen) atoms. The van der Waals surface area contributed by atoms with Crippen LogP contribution in [0.2, 0.25) is 0 Å². The van der Waals surface area contributed by atoms with Gasteiger partial charge in [0, 0.05) is 32.1 Å². The van der Waals surface area contributed by atoms with Crippen molar-refractivity contribution in [3.63, 3.8) is 0 Å². The lowest BCUT2D eigenvalue weighted by molar-refractivity contribution is -0.127. The zero-order chi connectivity index (χ0) is 16.0. The molecular formula is C17H24N4OS. The van der Waals surface area contributed by atoms with Crippen molar-refractivity contribution in [2.45, 2.75) is 44.4 Å². The van der Waals surface area contributed by atoms with Crippen LogP contribution in [-0.4, -0.2) is 38.7 Å². The third-order valence-corrected chi connectivity index (χ3v) is 5.77. The first-order chi connectivity index (χ1) is 11.1. The molecule has 6 heteroatoms. The van der Waals surface area contributed by atoms with Gasteiger partial charge in [0.15, 0.2) is 4.77 Å². The second-order valence-electron chi connectivity index (χ2n) is 7.26. The summed E-state index contributed by atoms with van der Waals surface area (Å²) in [5, 5.41) is 7.22. The van der Waals surface area contributed by atoms with Crippen molar-refractivity contribution in [2.75, 3.05) is 13.1 Å². The largest absolute Gasteiger partial charge is 0.338 e. The molecule has 1 saturated heterocycles. The van der Waals surface area contributed by atoms with Crippen molar-refractivity contribution in [1.29, 1.82) is 0 Å². The summed E-state index contributed by atoms with van der Waals surface area (Å²) in [5.74, 6) is 2.88. The van der Waals surface area contributed by atoms with E-state index in [1.165, 1.54) is 31.3 Å².